The van der Waals surface area contributed by atoms with Crippen molar-refractivity contribution in [1.82, 2.24) is 0 Å². The second kappa shape index (κ2) is 3.40. The maximum absolute atomic E-state index is 11.4. The van der Waals surface area contributed by atoms with Crippen LogP contribution in [0.2, 0.25) is 0 Å². The minimum atomic E-state index is -2.89. The van der Waals surface area contributed by atoms with Crippen molar-refractivity contribution < 1.29 is 13.2 Å². The van der Waals surface area contributed by atoms with Gasteiger partial charge in [-0.1, -0.05) is 13.8 Å². The Morgan fingerprint density at radius 2 is 2.08 bits per heavy atom. The molecule has 13 heavy (non-hydrogen) atoms. The lowest BCUT2D eigenvalue weighted by molar-refractivity contribution is -0.114. The highest BCUT2D eigenvalue weighted by molar-refractivity contribution is 7.92. The molecule has 1 fully saturated rings. The molecule has 76 valence electrons. The Labute approximate surface area is 79.4 Å². The quantitative estimate of drug-likeness (QED) is 0.649. The van der Waals surface area contributed by atoms with Crippen LogP contribution in [0.1, 0.15) is 33.1 Å². The first kappa shape index (κ1) is 10.7. The molecule has 1 saturated heterocycles. The molecule has 0 bridgehead atoms. The van der Waals surface area contributed by atoms with Gasteiger partial charge in [0.25, 0.3) is 0 Å². The van der Waals surface area contributed by atoms with E-state index in [9.17, 15) is 13.2 Å². The molecule has 3 nitrogen and oxygen atoms in total. The van der Waals surface area contributed by atoms with Gasteiger partial charge in [-0.05, 0) is 19.3 Å². The van der Waals surface area contributed by atoms with Crippen molar-refractivity contribution in [2.24, 2.45) is 5.41 Å². The summed E-state index contributed by atoms with van der Waals surface area (Å²) in [5, 5.41) is -0.285. The minimum Gasteiger partial charge on any atom is -0.303 e. The summed E-state index contributed by atoms with van der Waals surface area (Å²) in [6.45, 7) is 3.57. The second-order valence-corrected chi connectivity index (χ2v) is 6.84. The first-order valence-corrected chi connectivity index (χ1v) is 6.27. The lowest BCUT2D eigenvalue weighted by atomic mass is 9.89. The summed E-state index contributed by atoms with van der Waals surface area (Å²) in [4.78, 5) is 10.6. The monoisotopic (exact) mass is 204 g/mol. The Bertz CT molecular complexity index is 290. The van der Waals surface area contributed by atoms with Crippen molar-refractivity contribution >= 4 is 16.1 Å². The van der Waals surface area contributed by atoms with Gasteiger partial charge < -0.3 is 4.79 Å². The summed E-state index contributed by atoms with van der Waals surface area (Å²) in [7, 11) is -2.89. The highest BCUT2D eigenvalue weighted by Gasteiger charge is 2.35. The summed E-state index contributed by atoms with van der Waals surface area (Å²) in [6, 6.07) is 0. The van der Waals surface area contributed by atoms with Gasteiger partial charge in [0.2, 0.25) is 0 Å². The fourth-order valence-corrected chi connectivity index (χ4v) is 3.83. The number of rotatable bonds is 3. The Hall–Kier alpha value is -0.380. The second-order valence-electron chi connectivity index (χ2n) is 4.44. The van der Waals surface area contributed by atoms with Gasteiger partial charge in [-0.25, -0.2) is 8.42 Å². The predicted molar refractivity (Wildman–Crippen MR) is 51.3 cm³/mol. The lowest BCUT2D eigenvalue weighted by Gasteiger charge is -2.20. The Kier molecular flexibility index (Phi) is 2.80. The maximum Gasteiger partial charge on any atom is 0.153 e. The van der Waals surface area contributed by atoms with Crippen LogP contribution in [0.5, 0.6) is 0 Å². The van der Waals surface area contributed by atoms with Crippen molar-refractivity contribution in [3.63, 3.8) is 0 Å². The van der Waals surface area contributed by atoms with Gasteiger partial charge in [-0.15, -0.1) is 0 Å². The Balaban J connectivity index is 2.70. The molecule has 0 N–H and O–H groups in total. The molecule has 0 aromatic carbocycles. The molecule has 1 heterocycles. The van der Waals surface area contributed by atoms with E-state index in [0.29, 0.717) is 12.2 Å². The minimum absolute atomic E-state index is 0.285. The number of sulfone groups is 1. The summed E-state index contributed by atoms with van der Waals surface area (Å²) in [5.74, 6) is 0.298. The van der Waals surface area contributed by atoms with Crippen LogP contribution < -0.4 is 0 Å². The maximum atomic E-state index is 11.4. The van der Waals surface area contributed by atoms with Crippen LogP contribution in [0.4, 0.5) is 0 Å². The number of aldehydes is 1. The van der Waals surface area contributed by atoms with Gasteiger partial charge in [-0.3, -0.25) is 0 Å². The van der Waals surface area contributed by atoms with E-state index >= 15 is 0 Å². The molecule has 1 aliphatic heterocycles. The van der Waals surface area contributed by atoms with Gasteiger partial charge >= 0.3 is 0 Å². The average molecular weight is 204 g/mol. The van der Waals surface area contributed by atoms with Crippen molar-refractivity contribution in [3.05, 3.63) is 0 Å². The van der Waals surface area contributed by atoms with Crippen molar-refractivity contribution in [2.75, 3.05) is 5.75 Å². The number of hydrogen-bond donors (Lipinski definition) is 0. The molecule has 4 heteroatoms. The molecule has 0 saturated carbocycles. The van der Waals surface area contributed by atoms with Crippen LogP contribution in [0.25, 0.3) is 0 Å². The molecule has 0 aromatic rings. The van der Waals surface area contributed by atoms with E-state index in [-0.39, 0.29) is 5.25 Å². The normalized spacial score (nSPS) is 27.4. The number of carbonyl (C=O) groups excluding carboxylic acids is 1. The van der Waals surface area contributed by atoms with E-state index in [0.717, 1.165) is 19.1 Å². The largest absolute Gasteiger partial charge is 0.303 e. The van der Waals surface area contributed by atoms with Gasteiger partial charge in [-0.2, -0.15) is 0 Å². The highest BCUT2D eigenvalue weighted by Crippen LogP contribution is 2.30. The van der Waals surface area contributed by atoms with Gasteiger partial charge in [0.05, 0.1) is 11.0 Å². The third-order valence-electron chi connectivity index (χ3n) is 2.54. The molecular formula is C9H16O3S. The smallest absolute Gasteiger partial charge is 0.153 e. The third kappa shape index (κ3) is 2.53. The van der Waals surface area contributed by atoms with E-state index in [1.165, 1.54) is 0 Å². The van der Waals surface area contributed by atoms with E-state index in [4.69, 9.17) is 0 Å². The SMILES string of the molecule is CC(C)(C=O)CC1CCCS1(=O)=O. The van der Waals surface area contributed by atoms with Crippen LogP contribution in [0.3, 0.4) is 0 Å². The zero-order valence-corrected chi connectivity index (χ0v) is 8.93. The molecule has 0 amide bonds. The highest BCUT2D eigenvalue weighted by atomic mass is 32.2. The van der Waals surface area contributed by atoms with Crippen LogP contribution in [0.15, 0.2) is 0 Å². The van der Waals surface area contributed by atoms with Crippen LogP contribution in [-0.2, 0) is 14.6 Å². The first-order chi connectivity index (χ1) is 5.87. The predicted octanol–water partition coefficient (Wildman–Crippen LogP) is 1.18. The van der Waals surface area contributed by atoms with Crippen LogP contribution in [0, 0.1) is 5.41 Å². The van der Waals surface area contributed by atoms with Crippen molar-refractivity contribution in [3.8, 4) is 0 Å². The zero-order chi connectivity index (χ0) is 10.1. The van der Waals surface area contributed by atoms with Gasteiger partial charge in [0.15, 0.2) is 9.84 Å². The molecule has 0 radical (unpaired) electrons. The van der Waals surface area contributed by atoms with Crippen molar-refractivity contribution in [2.45, 2.75) is 38.4 Å². The van der Waals surface area contributed by atoms with Crippen molar-refractivity contribution in [1.29, 1.82) is 0 Å². The molecule has 1 unspecified atom stereocenters. The molecule has 1 atom stereocenters. The molecule has 1 aliphatic rings. The molecule has 0 aliphatic carbocycles. The van der Waals surface area contributed by atoms with Gasteiger partial charge in [0, 0.05) is 5.41 Å². The molecule has 0 aromatic heterocycles. The molecule has 1 rings (SSSR count). The number of hydrogen-bond acceptors (Lipinski definition) is 3. The van der Waals surface area contributed by atoms with E-state index < -0.39 is 15.3 Å². The van der Waals surface area contributed by atoms with E-state index in [2.05, 4.69) is 0 Å². The molecule has 0 spiro atoms. The van der Waals surface area contributed by atoms with E-state index in [1.807, 2.05) is 0 Å². The average Bonchev–Trinajstić information content (AvgIpc) is 2.31. The summed E-state index contributed by atoms with van der Waals surface area (Å²) < 4.78 is 22.9. The summed E-state index contributed by atoms with van der Waals surface area (Å²) >= 11 is 0. The van der Waals surface area contributed by atoms with Crippen LogP contribution >= 0.6 is 0 Å². The Morgan fingerprint density at radius 3 is 2.46 bits per heavy atom. The molecular weight excluding hydrogens is 188 g/mol. The first-order valence-electron chi connectivity index (χ1n) is 4.55. The standard InChI is InChI=1S/C9H16O3S/c1-9(2,7-10)6-8-4-3-5-13(8,11)12/h7-8H,3-6H2,1-2H3. The fraction of sp³-hybridized carbons (Fsp3) is 0.889. The summed E-state index contributed by atoms with van der Waals surface area (Å²) in [6.07, 6.45) is 2.79. The Morgan fingerprint density at radius 1 is 1.46 bits per heavy atom. The zero-order valence-electron chi connectivity index (χ0n) is 8.12. The van der Waals surface area contributed by atoms with E-state index in [1.54, 1.807) is 13.8 Å². The lowest BCUT2D eigenvalue weighted by Crippen LogP contribution is -2.25. The number of carbonyl (C=O) groups is 1. The van der Waals surface area contributed by atoms with Crippen LogP contribution in [-0.4, -0.2) is 25.7 Å². The fourth-order valence-electron chi connectivity index (χ4n) is 1.72. The topological polar surface area (TPSA) is 51.2 Å². The third-order valence-corrected chi connectivity index (χ3v) is 4.81. The summed E-state index contributed by atoms with van der Waals surface area (Å²) in [5.41, 5.74) is -0.498. The van der Waals surface area contributed by atoms with Gasteiger partial charge in [0.1, 0.15) is 6.29 Å².